The van der Waals surface area contributed by atoms with Gasteiger partial charge >= 0.3 is 0 Å². The van der Waals surface area contributed by atoms with Gasteiger partial charge in [-0.25, -0.2) is 4.21 Å². The molecule has 0 spiro atoms. The maximum absolute atomic E-state index is 11.4. The topological polar surface area (TPSA) is 47.2 Å². The van der Waals surface area contributed by atoms with Gasteiger partial charge in [-0.05, 0) is 20.8 Å². The SMILES string of the molecule is CC(C)(C)n1cc(N=S(C)(C)=O)cn1. The van der Waals surface area contributed by atoms with E-state index in [1.165, 1.54) is 0 Å². The van der Waals surface area contributed by atoms with Crippen LogP contribution in [0.1, 0.15) is 20.8 Å². The van der Waals surface area contributed by atoms with Crippen molar-refractivity contribution in [2.75, 3.05) is 12.5 Å². The first-order chi connectivity index (χ1) is 6.18. The molecule has 4 nitrogen and oxygen atoms in total. The summed E-state index contributed by atoms with van der Waals surface area (Å²) >= 11 is 0. The van der Waals surface area contributed by atoms with Gasteiger partial charge in [0, 0.05) is 22.2 Å². The van der Waals surface area contributed by atoms with E-state index in [0.717, 1.165) is 0 Å². The molecule has 5 heteroatoms. The maximum Gasteiger partial charge on any atom is 0.111 e. The molecule has 0 amide bonds. The molecule has 0 aliphatic rings. The number of hydrogen-bond acceptors (Lipinski definition) is 3. The Balaban J connectivity index is 3.08. The summed E-state index contributed by atoms with van der Waals surface area (Å²) in [6.07, 6.45) is 6.67. The maximum atomic E-state index is 11.4. The van der Waals surface area contributed by atoms with Gasteiger partial charge < -0.3 is 0 Å². The second kappa shape index (κ2) is 3.38. The molecule has 0 aliphatic carbocycles. The minimum Gasteiger partial charge on any atom is -0.265 e. The predicted octanol–water partition coefficient (Wildman–Crippen LogP) is 2.00. The third-order valence-corrected chi connectivity index (χ3v) is 2.23. The molecular weight excluding hydrogens is 198 g/mol. The average Bonchev–Trinajstić information content (AvgIpc) is 2.29. The van der Waals surface area contributed by atoms with Crippen LogP contribution in [-0.2, 0) is 15.3 Å². The molecule has 1 rings (SSSR count). The van der Waals surface area contributed by atoms with E-state index in [0.29, 0.717) is 5.69 Å². The highest BCUT2D eigenvalue weighted by Gasteiger charge is 2.13. The van der Waals surface area contributed by atoms with Crippen LogP contribution in [0.4, 0.5) is 5.69 Å². The summed E-state index contributed by atoms with van der Waals surface area (Å²) in [5, 5.41) is 4.17. The molecule has 0 saturated heterocycles. The lowest BCUT2D eigenvalue weighted by Crippen LogP contribution is -2.21. The molecule has 0 saturated carbocycles. The Hall–Kier alpha value is -0.840. The second-order valence-electron chi connectivity index (χ2n) is 4.59. The zero-order valence-corrected chi connectivity index (χ0v) is 10.1. The summed E-state index contributed by atoms with van der Waals surface area (Å²) in [6.45, 7) is 6.16. The minimum atomic E-state index is -2.09. The van der Waals surface area contributed by atoms with Crippen molar-refractivity contribution in [3.05, 3.63) is 12.4 Å². The van der Waals surface area contributed by atoms with E-state index in [4.69, 9.17) is 0 Å². The van der Waals surface area contributed by atoms with Crippen molar-refractivity contribution in [1.82, 2.24) is 9.78 Å². The molecule has 80 valence electrons. The molecule has 0 aliphatic heterocycles. The van der Waals surface area contributed by atoms with Gasteiger partial charge in [0.05, 0.1) is 17.9 Å². The van der Waals surface area contributed by atoms with Gasteiger partial charge in [-0.3, -0.25) is 4.68 Å². The van der Waals surface area contributed by atoms with Gasteiger partial charge in [0.2, 0.25) is 0 Å². The van der Waals surface area contributed by atoms with Crippen LogP contribution in [0.15, 0.2) is 16.8 Å². The molecule has 0 bridgehead atoms. The van der Waals surface area contributed by atoms with Crippen LogP contribution in [0.5, 0.6) is 0 Å². The van der Waals surface area contributed by atoms with Gasteiger partial charge in [-0.2, -0.15) is 9.46 Å². The summed E-state index contributed by atoms with van der Waals surface area (Å²) in [7, 11) is -2.09. The molecule has 1 aromatic heterocycles. The largest absolute Gasteiger partial charge is 0.265 e. The van der Waals surface area contributed by atoms with Crippen LogP contribution in [0, 0.1) is 0 Å². The van der Waals surface area contributed by atoms with E-state index in [-0.39, 0.29) is 5.54 Å². The van der Waals surface area contributed by atoms with Crippen molar-refractivity contribution in [2.45, 2.75) is 26.3 Å². The Kier molecular flexibility index (Phi) is 2.71. The van der Waals surface area contributed by atoms with Crippen molar-refractivity contribution in [2.24, 2.45) is 4.36 Å². The van der Waals surface area contributed by atoms with Gasteiger partial charge in [0.15, 0.2) is 0 Å². The van der Waals surface area contributed by atoms with Crippen LogP contribution in [-0.4, -0.2) is 26.5 Å². The quantitative estimate of drug-likeness (QED) is 0.719. The molecular formula is C9H17N3OS. The number of rotatable bonds is 1. The summed E-state index contributed by atoms with van der Waals surface area (Å²) in [6, 6.07) is 0. The van der Waals surface area contributed by atoms with Crippen LogP contribution in [0.25, 0.3) is 0 Å². The molecule has 0 radical (unpaired) electrons. The normalized spacial score (nSPS) is 12.9. The Morgan fingerprint density at radius 3 is 2.36 bits per heavy atom. The van der Waals surface area contributed by atoms with Gasteiger partial charge in [-0.15, -0.1) is 0 Å². The lowest BCUT2D eigenvalue weighted by atomic mass is 10.1. The summed E-state index contributed by atoms with van der Waals surface area (Å²) in [5.41, 5.74) is 0.616. The van der Waals surface area contributed by atoms with Gasteiger partial charge in [-0.1, -0.05) is 0 Å². The predicted molar refractivity (Wildman–Crippen MR) is 59.3 cm³/mol. The average molecular weight is 215 g/mol. The van der Waals surface area contributed by atoms with E-state index in [2.05, 4.69) is 30.2 Å². The van der Waals surface area contributed by atoms with Crippen LogP contribution in [0.2, 0.25) is 0 Å². The Labute approximate surface area is 85.5 Å². The van der Waals surface area contributed by atoms with Crippen molar-refractivity contribution < 1.29 is 4.21 Å². The van der Waals surface area contributed by atoms with Crippen molar-refractivity contribution in [3.8, 4) is 0 Å². The van der Waals surface area contributed by atoms with E-state index in [1.54, 1.807) is 18.7 Å². The Morgan fingerprint density at radius 1 is 1.43 bits per heavy atom. The minimum absolute atomic E-state index is 0.0594. The zero-order valence-electron chi connectivity index (χ0n) is 9.31. The number of aromatic nitrogens is 2. The third kappa shape index (κ3) is 3.14. The second-order valence-corrected chi connectivity index (χ2v) is 7.13. The fraction of sp³-hybridized carbons (Fsp3) is 0.667. The first-order valence-electron chi connectivity index (χ1n) is 4.41. The molecule has 0 N–H and O–H groups in total. The number of nitrogens with zero attached hydrogens (tertiary/aromatic N) is 3. The van der Waals surface area contributed by atoms with Gasteiger partial charge in [0.1, 0.15) is 5.69 Å². The fourth-order valence-corrected chi connectivity index (χ4v) is 1.58. The number of hydrogen-bond donors (Lipinski definition) is 0. The van der Waals surface area contributed by atoms with Gasteiger partial charge in [0.25, 0.3) is 0 Å². The van der Waals surface area contributed by atoms with Crippen LogP contribution < -0.4 is 0 Å². The summed E-state index contributed by atoms with van der Waals surface area (Å²) in [4.78, 5) is 0. The Bertz CT molecular complexity index is 425. The monoisotopic (exact) mass is 215 g/mol. The lowest BCUT2D eigenvalue weighted by Gasteiger charge is -2.18. The lowest BCUT2D eigenvalue weighted by molar-refractivity contribution is 0.355. The molecule has 0 fully saturated rings. The molecule has 0 aromatic carbocycles. The smallest absolute Gasteiger partial charge is 0.111 e. The highest BCUT2D eigenvalue weighted by molar-refractivity contribution is 7.92. The van der Waals surface area contributed by atoms with Crippen molar-refractivity contribution in [1.29, 1.82) is 0 Å². The molecule has 0 atom stereocenters. The summed E-state index contributed by atoms with van der Waals surface area (Å²) < 4.78 is 17.3. The first-order valence-corrected chi connectivity index (χ1v) is 6.74. The van der Waals surface area contributed by atoms with Crippen molar-refractivity contribution in [3.63, 3.8) is 0 Å². The van der Waals surface area contributed by atoms with Crippen molar-refractivity contribution >= 4 is 15.4 Å². The Morgan fingerprint density at radius 2 is 2.00 bits per heavy atom. The standard InChI is InChI=1S/C9H17N3OS/c1-9(2,3)12-7-8(6-10-12)11-14(4,5)13/h6-7H,1-5H3. The van der Waals surface area contributed by atoms with E-state index in [9.17, 15) is 4.21 Å². The third-order valence-electron chi connectivity index (χ3n) is 1.58. The zero-order chi connectivity index (χ0) is 11.0. The van der Waals surface area contributed by atoms with Crippen LogP contribution in [0.3, 0.4) is 0 Å². The van der Waals surface area contributed by atoms with E-state index in [1.807, 2.05) is 10.9 Å². The summed E-state index contributed by atoms with van der Waals surface area (Å²) in [5.74, 6) is 0. The molecule has 14 heavy (non-hydrogen) atoms. The molecule has 1 heterocycles. The highest BCUT2D eigenvalue weighted by atomic mass is 32.2. The molecule has 0 unspecified atom stereocenters. The van der Waals surface area contributed by atoms with Crippen LogP contribution >= 0.6 is 0 Å². The highest BCUT2D eigenvalue weighted by Crippen LogP contribution is 2.18. The fourth-order valence-electron chi connectivity index (χ4n) is 0.981. The van der Waals surface area contributed by atoms with E-state index < -0.39 is 9.73 Å². The first kappa shape index (κ1) is 11.2. The van der Waals surface area contributed by atoms with E-state index >= 15 is 0 Å². The molecule has 1 aromatic rings.